The highest BCUT2D eigenvalue weighted by Crippen LogP contribution is 2.22. The van der Waals surface area contributed by atoms with E-state index in [1.165, 1.54) is 45.3 Å². The highest BCUT2D eigenvalue weighted by Gasteiger charge is 2.26. The highest BCUT2D eigenvalue weighted by molar-refractivity contribution is 4.84. The van der Waals surface area contributed by atoms with Crippen molar-refractivity contribution in [1.82, 2.24) is 10.2 Å². The van der Waals surface area contributed by atoms with E-state index in [1.54, 1.807) is 0 Å². The molecule has 1 heterocycles. The van der Waals surface area contributed by atoms with Crippen molar-refractivity contribution in [1.29, 1.82) is 0 Å². The molecule has 2 atom stereocenters. The zero-order valence-electron chi connectivity index (χ0n) is 11.2. The molecule has 1 aliphatic carbocycles. The number of hydrogen-bond donors (Lipinski definition) is 1. The van der Waals surface area contributed by atoms with Crippen molar-refractivity contribution in [2.24, 2.45) is 11.8 Å². The molecular weight excluding hydrogens is 196 g/mol. The van der Waals surface area contributed by atoms with Gasteiger partial charge in [0, 0.05) is 12.1 Å². The summed E-state index contributed by atoms with van der Waals surface area (Å²) in [5, 5.41) is 3.66. The van der Waals surface area contributed by atoms with Gasteiger partial charge in [-0.2, -0.15) is 0 Å². The fraction of sp³-hybridized carbons (Fsp3) is 1.00. The molecule has 0 aromatic carbocycles. The van der Waals surface area contributed by atoms with Gasteiger partial charge in [-0.05, 0) is 64.1 Å². The molecule has 2 aliphatic rings. The van der Waals surface area contributed by atoms with E-state index in [9.17, 15) is 0 Å². The van der Waals surface area contributed by atoms with Gasteiger partial charge in [0.05, 0.1) is 0 Å². The molecule has 0 radical (unpaired) electrons. The van der Waals surface area contributed by atoms with Gasteiger partial charge >= 0.3 is 0 Å². The summed E-state index contributed by atoms with van der Waals surface area (Å²) in [5.74, 6) is 1.73. The number of nitrogens with zero attached hydrogens (tertiary/aromatic N) is 1. The van der Waals surface area contributed by atoms with Crippen molar-refractivity contribution in [3.8, 4) is 0 Å². The third kappa shape index (κ3) is 3.46. The second-order valence-electron chi connectivity index (χ2n) is 6.12. The molecule has 1 saturated carbocycles. The molecular formula is C14H28N2. The van der Waals surface area contributed by atoms with Gasteiger partial charge in [-0.25, -0.2) is 0 Å². The molecule has 0 amide bonds. The lowest BCUT2D eigenvalue weighted by Gasteiger charge is -2.38. The molecule has 2 fully saturated rings. The molecule has 0 bridgehead atoms. The minimum atomic E-state index is 0.749. The lowest BCUT2D eigenvalue weighted by Crippen LogP contribution is -2.45. The van der Waals surface area contributed by atoms with E-state index in [4.69, 9.17) is 0 Å². The van der Waals surface area contributed by atoms with Gasteiger partial charge in [-0.3, -0.25) is 0 Å². The van der Waals surface area contributed by atoms with Crippen LogP contribution in [0.25, 0.3) is 0 Å². The smallest absolute Gasteiger partial charge is 0.0105 e. The van der Waals surface area contributed by atoms with Crippen LogP contribution < -0.4 is 5.32 Å². The predicted molar refractivity (Wildman–Crippen MR) is 69.6 cm³/mol. The number of rotatable bonds is 5. The van der Waals surface area contributed by atoms with Gasteiger partial charge in [-0.15, -0.1) is 0 Å². The summed E-state index contributed by atoms with van der Waals surface area (Å²) in [6.45, 7) is 11.0. The van der Waals surface area contributed by atoms with Crippen molar-refractivity contribution in [3.63, 3.8) is 0 Å². The summed E-state index contributed by atoms with van der Waals surface area (Å²) in [5.41, 5.74) is 0. The van der Waals surface area contributed by atoms with Gasteiger partial charge in [0.2, 0.25) is 0 Å². The maximum Gasteiger partial charge on any atom is 0.0105 e. The molecule has 16 heavy (non-hydrogen) atoms. The molecule has 1 aliphatic heterocycles. The molecule has 2 rings (SSSR count). The largest absolute Gasteiger partial charge is 0.314 e. The summed E-state index contributed by atoms with van der Waals surface area (Å²) in [6.07, 6.45) is 5.60. The van der Waals surface area contributed by atoms with E-state index >= 15 is 0 Å². The Hall–Kier alpha value is -0.0800. The van der Waals surface area contributed by atoms with Crippen molar-refractivity contribution < 1.29 is 0 Å². The maximum atomic E-state index is 3.66. The average molecular weight is 224 g/mol. The Bertz CT molecular complexity index is 205. The van der Waals surface area contributed by atoms with Crippen LogP contribution in [0, 0.1) is 11.8 Å². The fourth-order valence-corrected chi connectivity index (χ4v) is 2.61. The Morgan fingerprint density at radius 1 is 1.12 bits per heavy atom. The molecule has 1 N–H and O–H groups in total. The van der Waals surface area contributed by atoms with E-state index in [2.05, 4.69) is 31.0 Å². The van der Waals surface area contributed by atoms with Gasteiger partial charge in [0.1, 0.15) is 0 Å². The van der Waals surface area contributed by atoms with Crippen LogP contribution in [-0.4, -0.2) is 36.6 Å². The van der Waals surface area contributed by atoms with Crippen LogP contribution in [0.3, 0.4) is 0 Å². The first-order valence-electron chi connectivity index (χ1n) is 7.14. The molecule has 2 unspecified atom stereocenters. The quantitative estimate of drug-likeness (QED) is 0.772. The first kappa shape index (κ1) is 12.4. The summed E-state index contributed by atoms with van der Waals surface area (Å²) in [7, 11) is 0. The number of nitrogens with one attached hydrogen (secondary N) is 1. The second kappa shape index (κ2) is 5.50. The lowest BCUT2D eigenvalue weighted by atomic mass is 9.94. The molecule has 0 aromatic rings. The maximum absolute atomic E-state index is 3.66. The van der Waals surface area contributed by atoms with Gasteiger partial charge < -0.3 is 10.2 Å². The Balaban J connectivity index is 1.69. The Morgan fingerprint density at radius 2 is 1.75 bits per heavy atom. The summed E-state index contributed by atoms with van der Waals surface area (Å²) in [6, 6.07) is 1.61. The average Bonchev–Trinajstić information content (AvgIpc) is 3.10. The lowest BCUT2D eigenvalue weighted by molar-refractivity contribution is 0.113. The van der Waals surface area contributed by atoms with E-state index < -0.39 is 0 Å². The monoisotopic (exact) mass is 224 g/mol. The second-order valence-corrected chi connectivity index (χ2v) is 6.12. The molecule has 1 saturated heterocycles. The van der Waals surface area contributed by atoms with E-state index in [0.717, 1.165) is 23.9 Å². The van der Waals surface area contributed by atoms with Crippen molar-refractivity contribution in [2.45, 2.75) is 58.5 Å². The van der Waals surface area contributed by atoms with Crippen LogP contribution in [0.2, 0.25) is 0 Å². The Labute approximate surface area is 101 Å². The zero-order valence-corrected chi connectivity index (χ0v) is 11.2. The van der Waals surface area contributed by atoms with Gasteiger partial charge in [-0.1, -0.05) is 13.8 Å². The zero-order chi connectivity index (χ0) is 11.5. The number of hydrogen-bond acceptors (Lipinski definition) is 2. The Morgan fingerprint density at radius 3 is 2.31 bits per heavy atom. The molecule has 2 heteroatoms. The first-order chi connectivity index (χ1) is 7.66. The normalized spacial score (nSPS) is 27.9. The summed E-state index contributed by atoms with van der Waals surface area (Å²) in [4.78, 5) is 2.69. The van der Waals surface area contributed by atoms with Gasteiger partial charge in [0.15, 0.2) is 0 Å². The Kier molecular flexibility index (Phi) is 4.26. The van der Waals surface area contributed by atoms with Crippen LogP contribution >= 0.6 is 0 Å². The SMILES string of the molecule is CC1CCN(C(C)C(C)CNC2CC2)CC1. The number of likely N-dealkylation sites (tertiary alicyclic amines) is 1. The molecule has 94 valence electrons. The summed E-state index contributed by atoms with van der Waals surface area (Å²) < 4.78 is 0. The molecule has 0 spiro atoms. The van der Waals surface area contributed by atoms with Crippen molar-refractivity contribution >= 4 is 0 Å². The van der Waals surface area contributed by atoms with E-state index in [-0.39, 0.29) is 0 Å². The van der Waals surface area contributed by atoms with Gasteiger partial charge in [0.25, 0.3) is 0 Å². The number of piperidine rings is 1. The third-order valence-corrected chi connectivity index (χ3v) is 4.52. The van der Waals surface area contributed by atoms with E-state index in [1.807, 2.05) is 0 Å². The van der Waals surface area contributed by atoms with Crippen molar-refractivity contribution in [3.05, 3.63) is 0 Å². The molecule has 0 aromatic heterocycles. The minimum Gasteiger partial charge on any atom is -0.314 e. The fourth-order valence-electron chi connectivity index (χ4n) is 2.61. The topological polar surface area (TPSA) is 15.3 Å². The minimum absolute atomic E-state index is 0.749. The predicted octanol–water partition coefficient (Wildman–Crippen LogP) is 2.49. The van der Waals surface area contributed by atoms with Crippen LogP contribution in [-0.2, 0) is 0 Å². The highest BCUT2D eigenvalue weighted by atomic mass is 15.2. The van der Waals surface area contributed by atoms with Crippen molar-refractivity contribution in [2.75, 3.05) is 19.6 Å². The van der Waals surface area contributed by atoms with Crippen LogP contribution in [0.15, 0.2) is 0 Å². The van der Waals surface area contributed by atoms with Crippen LogP contribution in [0.4, 0.5) is 0 Å². The van der Waals surface area contributed by atoms with Crippen LogP contribution in [0.5, 0.6) is 0 Å². The van der Waals surface area contributed by atoms with E-state index in [0.29, 0.717) is 0 Å². The summed E-state index contributed by atoms with van der Waals surface area (Å²) >= 11 is 0. The van der Waals surface area contributed by atoms with Crippen LogP contribution in [0.1, 0.15) is 46.5 Å². The first-order valence-corrected chi connectivity index (χ1v) is 7.14. The molecule has 2 nitrogen and oxygen atoms in total. The third-order valence-electron chi connectivity index (χ3n) is 4.52. The standard InChI is InChI=1S/C14H28N2/c1-11-6-8-16(9-7-11)13(3)12(2)10-15-14-4-5-14/h11-15H,4-10H2,1-3H3.